The van der Waals surface area contributed by atoms with E-state index < -0.39 is 23.2 Å². The van der Waals surface area contributed by atoms with Gasteiger partial charge in [0.2, 0.25) is 11.8 Å². The van der Waals surface area contributed by atoms with Gasteiger partial charge in [0, 0.05) is 26.4 Å². The number of halogens is 2. The van der Waals surface area contributed by atoms with E-state index in [1.807, 2.05) is 30.3 Å². The smallest absolute Gasteiger partial charge is 0.224 e. The molecule has 0 aromatic heterocycles. The van der Waals surface area contributed by atoms with Gasteiger partial charge in [0.15, 0.2) is 0 Å². The van der Waals surface area contributed by atoms with E-state index in [9.17, 15) is 18.4 Å². The Morgan fingerprint density at radius 1 is 1.00 bits per heavy atom. The molecule has 2 aromatic carbocycles. The van der Waals surface area contributed by atoms with Gasteiger partial charge in [-0.05, 0) is 17.7 Å². The lowest BCUT2D eigenvalue weighted by Gasteiger charge is -2.22. The molecule has 1 N–H and O–H groups in total. The molecule has 0 aliphatic heterocycles. The molecular weight excluding hydrogens is 314 g/mol. The molecule has 0 unspecified atom stereocenters. The van der Waals surface area contributed by atoms with Crippen molar-refractivity contribution in [1.82, 2.24) is 5.32 Å². The van der Waals surface area contributed by atoms with Crippen molar-refractivity contribution in [1.29, 1.82) is 0 Å². The van der Waals surface area contributed by atoms with Gasteiger partial charge in [-0.25, -0.2) is 8.78 Å². The number of nitrogens with one attached hydrogen (secondary N) is 1. The zero-order chi connectivity index (χ0) is 17.5. The van der Waals surface area contributed by atoms with Crippen molar-refractivity contribution in [2.45, 2.75) is 19.9 Å². The fourth-order valence-electron chi connectivity index (χ4n) is 2.27. The topological polar surface area (TPSA) is 49.4 Å². The Balaban J connectivity index is 1.97. The zero-order valence-corrected chi connectivity index (χ0v) is 13.3. The number of carbonyl (C=O) groups is 2. The van der Waals surface area contributed by atoms with Gasteiger partial charge in [-0.3, -0.25) is 9.59 Å². The molecule has 2 rings (SSSR count). The van der Waals surface area contributed by atoms with Crippen LogP contribution in [-0.4, -0.2) is 18.4 Å². The summed E-state index contributed by atoms with van der Waals surface area (Å²) in [5.74, 6) is -2.51. The number of hydrogen-bond acceptors (Lipinski definition) is 2. The molecule has 0 aliphatic rings. The molecule has 2 aromatic rings. The van der Waals surface area contributed by atoms with Gasteiger partial charge < -0.3 is 10.2 Å². The number of benzene rings is 2. The number of nitrogens with zero attached hydrogens (tertiary/aromatic N) is 1. The van der Waals surface area contributed by atoms with Crippen molar-refractivity contribution in [3.05, 3.63) is 65.7 Å². The van der Waals surface area contributed by atoms with E-state index in [1.54, 1.807) is 0 Å². The highest BCUT2D eigenvalue weighted by Gasteiger charge is 2.20. The maximum atomic E-state index is 13.8. The molecule has 0 aliphatic carbocycles. The highest BCUT2D eigenvalue weighted by molar-refractivity contribution is 5.92. The maximum absolute atomic E-state index is 13.8. The number of hydrogen-bond donors (Lipinski definition) is 1. The minimum Gasteiger partial charge on any atom is -0.352 e. The lowest BCUT2D eigenvalue weighted by molar-refractivity contribution is -0.121. The predicted molar refractivity (Wildman–Crippen MR) is 87.3 cm³/mol. The van der Waals surface area contributed by atoms with Gasteiger partial charge in [0.05, 0.1) is 0 Å². The maximum Gasteiger partial charge on any atom is 0.224 e. The molecular formula is C18H18F2N2O2. The van der Waals surface area contributed by atoms with Gasteiger partial charge in [0.1, 0.15) is 17.3 Å². The molecule has 0 fully saturated rings. The summed E-state index contributed by atoms with van der Waals surface area (Å²) in [5, 5.41) is 2.71. The second-order valence-electron chi connectivity index (χ2n) is 5.25. The summed E-state index contributed by atoms with van der Waals surface area (Å²) in [6, 6.07) is 12.7. The Morgan fingerprint density at radius 3 is 2.21 bits per heavy atom. The molecule has 4 nitrogen and oxygen atoms in total. The average Bonchev–Trinajstić information content (AvgIpc) is 2.56. The van der Waals surface area contributed by atoms with E-state index in [1.165, 1.54) is 13.0 Å². The SMILES string of the molecule is CC(=O)N(CCC(=O)NCc1ccccc1)c1c(F)cccc1F. The third-order valence-corrected chi connectivity index (χ3v) is 3.48. The molecule has 24 heavy (non-hydrogen) atoms. The Morgan fingerprint density at radius 2 is 1.62 bits per heavy atom. The highest BCUT2D eigenvalue weighted by atomic mass is 19.1. The van der Waals surface area contributed by atoms with E-state index >= 15 is 0 Å². The molecule has 2 amide bonds. The van der Waals surface area contributed by atoms with Crippen molar-refractivity contribution in [3.8, 4) is 0 Å². The summed E-state index contributed by atoms with van der Waals surface area (Å²) in [6.45, 7) is 1.45. The van der Waals surface area contributed by atoms with Crippen LogP contribution in [0.25, 0.3) is 0 Å². The van der Waals surface area contributed by atoms with Crippen LogP contribution < -0.4 is 10.2 Å². The van der Waals surface area contributed by atoms with Crippen LogP contribution in [0, 0.1) is 11.6 Å². The summed E-state index contributed by atoms with van der Waals surface area (Å²) in [4.78, 5) is 24.5. The third kappa shape index (κ3) is 4.62. The second-order valence-corrected chi connectivity index (χ2v) is 5.25. The van der Waals surface area contributed by atoms with Crippen LogP contribution in [-0.2, 0) is 16.1 Å². The lowest BCUT2D eigenvalue weighted by Crippen LogP contribution is -2.34. The summed E-state index contributed by atoms with van der Waals surface area (Å²) in [6.07, 6.45) is -0.0554. The molecule has 0 bridgehead atoms. The minimum absolute atomic E-state index is 0.0554. The molecule has 0 radical (unpaired) electrons. The highest BCUT2D eigenvalue weighted by Crippen LogP contribution is 2.23. The average molecular weight is 332 g/mol. The van der Waals surface area contributed by atoms with Crippen molar-refractivity contribution in [2.75, 3.05) is 11.4 Å². The summed E-state index contributed by atoms with van der Waals surface area (Å²) >= 11 is 0. The number of amides is 2. The third-order valence-electron chi connectivity index (χ3n) is 3.48. The predicted octanol–water partition coefficient (Wildman–Crippen LogP) is 3.02. The first-order valence-corrected chi connectivity index (χ1v) is 7.52. The zero-order valence-electron chi connectivity index (χ0n) is 13.3. The Labute approximate surface area is 139 Å². The van der Waals surface area contributed by atoms with Gasteiger partial charge in [-0.15, -0.1) is 0 Å². The van der Waals surface area contributed by atoms with E-state index in [0.717, 1.165) is 22.6 Å². The summed E-state index contributed by atoms with van der Waals surface area (Å²) in [7, 11) is 0. The van der Waals surface area contributed by atoms with Crippen LogP contribution >= 0.6 is 0 Å². The van der Waals surface area contributed by atoms with Crippen molar-refractivity contribution >= 4 is 17.5 Å². The minimum atomic E-state index is -0.838. The first-order chi connectivity index (χ1) is 11.5. The van der Waals surface area contributed by atoms with Crippen LogP contribution in [0.3, 0.4) is 0 Å². The fraction of sp³-hybridized carbons (Fsp3) is 0.222. The largest absolute Gasteiger partial charge is 0.352 e. The van der Waals surface area contributed by atoms with E-state index in [0.29, 0.717) is 6.54 Å². The Hall–Kier alpha value is -2.76. The Kier molecular flexibility index (Phi) is 6.01. The number of para-hydroxylation sites is 1. The van der Waals surface area contributed by atoms with Crippen molar-refractivity contribution in [2.24, 2.45) is 0 Å². The normalized spacial score (nSPS) is 10.3. The van der Waals surface area contributed by atoms with Crippen LogP contribution in [0.15, 0.2) is 48.5 Å². The molecule has 0 spiro atoms. The summed E-state index contributed by atoms with van der Waals surface area (Å²) in [5.41, 5.74) is 0.510. The van der Waals surface area contributed by atoms with Crippen molar-refractivity contribution in [3.63, 3.8) is 0 Å². The first kappa shape index (κ1) is 17.6. The van der Waals surface area contributed by atoms with E-state index in [4.69, 9.17) is 0 Å². The van der Waals surface area contributed by atoms with E-state index in [2.05, 4.69) is 5.32 Å². The van der Waals surface area contributed by atoms with E-state index in [-0.39, 0.29) is 18.9 Å². The van der Waals surface area contributed by atoms with Crippen LogP contribution in [0.5, 0.6) is 0 Å². The quantitative estimate of drug-likeness (QED) is 0.884. The standard InChI is InChI=1S/C18H18F2N2O2/c1-13(23)22(18-15(19)8-5-9-16(18)20)11-10-17(24)21-12-14-6-3-2-4-7-14/h2-9H,10-12H2,1H3,(H,21,24). The molecule has 0 saturated carbocycles. The van der Waals surface area contributed by atoms with Gasteiger partial charge >= 0.3 is 0 Å². The first-order valence-electron chi connectivity index (χ1n) is 7.52. The number of rotatable bonds is 6. The van der Waals surface area contributed by atoms with Crippen LogP contribution in [0.1, 0.15) is 18.9 Å². The fourth-order valence-corrected chi connectivity index (χ4v) is 2.27. The summed E-state index contributed by atoms with van der Waals surface area (Å²) < 4.78 is 27.6. The van der Waals surface area contributed by atoms with Crippen LogP contribution in [0.2, 0.25) is 0 Å². The molecule has 0 atom stereocenters. The number of anilines is 1. The van der Waals surface area contributed by atoms with Crippen molar-refractivity contribution < 1.29 is 18.4 Å². The van der Waals surface area contributed by atoms with Gasteiger partial charge in [-0.2, -0.15) is 0 Å². The molecule has 0 heterocycles. The molecule has 126 valence electrons. The van der Waals surface area contributed by atoms with Crippen LogP contribution in [0.4, 0.5) is 14.5 Å². The molecule has 0 saturated heterocycles. The van der Waals surface area contributed by atoms with Gasteiger partial charge in [0.25, 0.3) is 0 Å². The van der Waals surface area contributed by atoms with Gasteiger partial charge in [-0.1, -0.05) is 36.4 Å². The monoisotopic (exact) mass is 332 g/mol. The Bertz CT molecular complexity index is 700. The number of carbonyl (C=O) groups excluding carboxylic acids is 2. The second kappa shape index (κ2) is 8.19. The molecule has 6 heteroatoms. The lowest BCUT2D eigenvalue weighted by atomic mass is 10.2.